The number of aromatic nitrogens is 2. The molecule has 2 rings (SSSR count). The normalized spacial score (nSPS) is 13.1. The predicted octanol–water partition coefficient (Wildman–Crippen LogP) is 4.57. The van der Waals surface area contributed by atoms with Crippen LogP contribution in [0.15, 0.2) is 12.4 Å². The molecule has 2 N–H and O–H groups in total. The fraction of sp³-hybridized carbons (Fsp3) is 0.474. The maximum Gasteiger partial charge on any atom is 0.400 e. The second-order valence-corrected chi connectivity index (χ2v) is 8.47. The molecule has 0 saturated heterocycles. The summed E-state index contributed by atoms with van der Waals surface area (Å²) >= 11 is 0. The molecule has 0 saturated carbocycles. The van der Waals surface area contributed by atoms with Crippen LogP contribution >= 0.6 is 7.60 Å². The molecule has 0 amide bonds. The molecule has 8 nitrogen and oxygen atoms in total. The SMILES string of the molecule is CCc1c(C)c(O)c(OC)c(CC)c1OP(=O)(CC)ONc1cnc(C)cn1. The molecule has 1 aromatic carbocycles. The lowest BCUT2D eigenvalue weighted by molar-refractivity contribution is 0.312. The van der Waals surface area contributed by atoms with E-state index in [2.05, 4.69) is 15.4 Å². The van der Waals surface area contributed by atoms with Crippen LogP contribution in [-0.2, 0) is 22.0 Å². The molecule has 0 aliphatic rings. The molecule has 0 spiro atoms. The van der Waals surface area contributed by atoms with Crippen molar-refractivity contribution in [2.75, 3.05) is 18.8 Å². The third-order valence-corrected chi connectivity index (χ3v) is 6.05. The molecule has 2 aromatic rings. The molecule has 9 heteroatoms. The molecular weight excluding hydrogens is 381 g/mol. The number of nitrogens with one attached hydrogen (secondary N) is 1. The highest BCUT2D eigenvalue weighted by Crippen LogP contribution is 2.53. The van der Waals surface area contributed by atoms with Gasteiger partial charge >= 0.3 is 7.60 Å². The maximum absolute atomic E-state index is 13.3. The Morgan fingerprint density at radius 3 is 2.25 bits per heavy atom. The Balaban J connectivity index is 2.40. The molecule has 1 heterocycles. The number of phenols is 1. The van der Waals surface area contributed by atoms with Crippen LogP contribution in [0.2, 0.25) is 0 Å². The molecular formula is C19H28N3O5P. The predicted molar refractivity (Wildman–Crippen MR) is 108 cm³/mol. The number of benzene rings is 1. The van der Waals surface area contributed by atoms with E-state index in [0.717, 1.165) is 11.3 Å². The summed E-state index contributed by atoms with van der Waals surface area (Å²) in [5.74, 6) is 1.16. The quantitative estimate of drug-likeness (QED) is 0.459. The first kappa shape index (κ1) is 22.0. The molecule has 0 bridgehead atoms. The zero-order chi connectivity index (χ0) is 20.9. The van der Waals surface area contributed by atoms with E-state index in [0.29, 0.717) is 41.3 Å². The fourth-order valence-electron chi connectivity index (χ4n) is 2.84. The summed E-state index contributed by atoms with van der Waals surface area (Å²) < 4.78 is 30.0. The van der Waals surface area contributed by atoms with Gasteiger partial charge in [-0.05, 0) is 26.7 Å². The van der Waals surface area contributed by atoms with Crippen molar-refractivity contribution in [3.8, 4) is 17.2 Å². The highest BCUT2D eigenvalue weighted by Gasteiger charge is 2.30. The van der Waals surface area contributed by atoms with E-state index in [4.69, 9.17) is 13.9 Å². The first-order valence-corrected chi connectivity index (χ1v) is 11.0. The molecule has 0 aliphatic carbocycles. The van der Waals surface area contributed by atoms with Crippen LogP contribution in [0, 0.1) is 13.8 Å². The first-order chi connectivity index (χ1) is 13.3. The summed E-state index contributed by atoms with van der Waals surface area (Å²) in [5.41, 5.74) is 5.37. The lowest BCUT2D eigenvalue weighted by Crippen LogP contribution is -2.10. The summed E-state index contributed by atoms with van der Waals surface area (Å²) in [7, 11) is -2.08. The minimum absolute atomic E-state index is 0.0730. The number of ether oxygens (including phenoxy) is 1. The van der Waals surface area contributed by atoms with E-state index < -0.39 is 7.60 Å². The summed E-state index contributed by atoms with van der Waals surface area (Å²) in [4.78, 5) is 8.22. The van der Waals surface area contributed by atoms with Crippen molar-refractivity contribution >= 4 is 13.4 Å². The van der Waals surface area contributed by atoms with Crippen molar-refractivity contribution in [1.82, 2.24) is 9.97 Å². The highest BCUT2D eigenvalue weighted by molar-refractivity contribution is 7.54. The molecule has 28 heavy (non-hydrogen) atoms. The van der Waals surface area contributed by atoms with Crippen LogP contribution in [0.1, 0.15) is 43.2 Å². The zero-order valence-electron chi connectivity index (χ0n) is 17.2. The molecule has 0 fully saturated rings. The lowest BCUT2D eigenvalue weighted by Gasteiger charge is -2.24. The second kappa shape index (κ2) is 9.26. The van der Waals surface area contributed by atoms with E-state index in [9.17, 15) is 9.67 Å². The van der Waals surface area contributed by atoms with E-state index in [1.165, 1.54) is 13.3 Å². The van der Waals surface area contributed by atoms with Crippen molar-refractivity contribution in [3.63, 3.8) is 0 Å². The van der Waals surface area contributed by atoms with Gasteiger partial charge in [0.1, 0.15) is 5.75 Å². The maximum atomic E-state index is 13.3. The van der Waals surface area contributed by atoms with Crippen molar-refractivity contribution in [2.24, 2.45) is 0 Å². The van der Waals surface area contributed by atoms with E-state index in [-0.39, 0.29) is 11.9 Å². The molecule has 154 valence electrons. The van der Waals surface area contributed by atoms with Gasteiger partial charge in [0, 0.05) is 16.7 Å². The second-order valence-electron chi connectivity index (χ2n) is 6.25. The standard InChI is InChI=1S/C19H28N3O5P/c1-7-14-13(5)17(23)19(25-6)15(8-2)18(14)26-28(24,9-3)27-22-16-11-20-12(4)10-21-16/h10-11,23H,7-9H2,1-6H3,(H,21,22). The van der Waals surface area contributed by atoms with Gasteiger partial charge in [-0.1, -0.05) is 20.8 Å². The molecule has 0 radical (unpaired) electrons. The average Bonchev–Trinajstić information content (AvgIpc) is 2.70. The molecule has 1 unspecified atom stereocenters. The molecule has 1 atom stereocenters. The number of rotatable bonds is 9. The van der Waals surface area contributed by atoms with Crippen LogP contribution < -0.4 is 14.7 Å². The zero-order valence-corrected chi connectivity index (χ0v) is 18.1. The van der Waals surface area contributed by atoms with Crippen LogP contribution in [0.25, 0.3) is 0 Å². The Morgan fingerprint density at radius 1 is 1.07 bits per heavy atom. The Bertz CT molecular complexity index is 871. The Hall–Kier alpha value is -2.31. The van der Waals surface area contributed by atoms with Crippen LogP contribution in [0.4, 0.5) is 5.82 Å². The number of aryl methyl sites for hydroxylation is 1. The number of anilines is 1. The minimum atomic E-state index is -3.56. The van der Waals surface area contributed by atoms with Crippen molar-refractivity contribution in [1.29, 1.82) is 0 Å². The van der Waals surface area contributed by atoms with Gasteiger partial charge in [0.05, 0.1) is 31.4 Å². The van der Waals surface area contributed by atoms with Crippen molar-refractivity contribution in [2.45, 2.75) is 47.5 Å². The topological polar surface area (TPSA) is 103 Å². The summed E-state index contributed by atoms with van der Waals surface area (Å²) in [6.45, 7) is 9.16. The van der Waals surface area contributed by atoms with E-state index in [1.807, 2.05) is 20.8 Å². The number of hydrogen-bond acceptors (Lipinski definition) is 8. The summed E-state index contributed by atoms with van der Waals surface area (Å²) in [5, 5.41) is 10.5. The lowest BCUT2D eigenvalue weighted by atomic mass is 9.97. The Kier molecular flexibility index (Phi) is 7.27. The van der Waals surface area contributed by atoms with Gasteiger partial charge in [-0.3, -0.25) is 4.98 Å². The number of aromatic hydroxyl groups is 1. The average molecular weight is 409 g/mol. The number of methoxy groups -OCH3 is 1. The fourth-order valence-corrected chi connectivity index (χ4v) is 3.86. The molecule has 0 aliphatic heterocycles. The smallest absolute Gasteiger partial charge is 0.400 e. The van der Waals surface area contributed by atoms with Gasteiger partial charge in [0.2, 0.25) is 0 Å². The largest absolute Gasteiger partial charge is 0.504 e. The van der Waals surface area contributed by atoms with Crippen LogP contribution in [0.5, 0.6) is 17.2 Å². The van der Waals surface area contributed by atoms with Gasteiger partial charge in [0.15, 0.2) is 17.3 Å². The number of nitrogens with zero attached hydrogens (tertiary/aromatic N) is 2. The number of phenolic OH excluding ortho intramolecular Hbond substituents is 1. The third kappa shape index (κ3) is 4.56. The van der Waals surface area contributed by atoms with Crippen molar-refractivity contribution < 1.29 is 23.6 Å². The first-order valence-electron chi connectivity index (χ1n) is 9.23. The third-order valence-electron chi connectivity index (χ3n) is 4.44. The highest BCUT2D eigenvalue weighted by atomic mass is 31.2. The Morgan fingerprint density at radius 2 is 1.75 bits per heavy atom. The van der Waals surface area contributed by atoms with Gasteiger partial charge in [-0.2, -0.15) is 4.62 Å². The number of hydrogen-bond donors (Lipinski definition) is 2. The van der Waals surface area contributed by atoms with E-state index >= 15 is 0 Å². The summed E-state index contributed by atoms with van der Waals surface area (Å²) in [6, 6.07) is 0. The van der Waals surface area contributed by atoms with Crippen LogP contribution in [-0.4, -0.2) is 28.3 Å². The van der Waals surface area contributed by atoms with Crippen LogP contribution in [0.3, 0.4) is 0 Å². The van der Waals surface area contributed by atoms with Gasteiger partial charge in [0.25, 0.3) is 0 Å². The minimum Gasteiger partial charge on any atom is -0.504 e. The summed E-state index contributed by atoms with van der Waals surface area (Å²) in [6.07, 6.45) is 4.31. The van der Waals surface area contributed by atoms with Gasteiger partial charge < -0.3 is 14.4 Å². The van der Waals surface area contributed by atoms with Crippen molar-refractivity contribution in [3.05, 3.63) is 34.8 Å². The molecule has 1 aromatic heterocycles. The van der Waals surface area contributed by atoms with Gasteiger partial charge in [-0.15, -0.1) is 0 Å². The monoisotopic (exact) mass is 409 g/mol. The van der Waals surface area contributed by atoms with E-state index in [1.54, 1.807) is 20.0 Å². The van der Waals surface area contributed by atoms with Gasteiger partial charge in [-0.25, -0.2) is 15.0 Å². The Labute approximate surface area is 165 Å².